The molecule has 21 heavy (non-hydrogen) atoms. The summed E-state index contributed by atoms with van der Waals surface area (Å²) in [5.74, 6) is 2.26. The molecule has 120 valence electrons. The number of nitrogens with zero attached hydrogens (tertiary/aromatic N) is 2. The molecule has 1 fully saturated rings. The van der Waals surface area contributed by atoms with E-state index in [9.17, 15) is 0 Å². The Bertz CT molecular complexity index is 430. The van der Waals surface area contributed by atoms with Gasteiger partial charge in [0.05, 0.1) is 6.20 Å². The summed E-state index contributed by atoms with van der Waals surface area (Å²) >= 11 is 0. The molecule has 3 heteroatoms. The summed E-state index contributed by atoms with van der Waals surface area (Å²) in [6.45, 7) is 11.7. The van der Waals surface area contributed by atoms with Crippen LogP contribution in [0.4, 0.5) is 0 Å². The maximum absolute atomic E-state index is 4.41. The van der Waals surface area contributed by atoms with Gasteiger partial charge in [-0.3, -0.25) is 4.68 Å². The lowest BCUT2D eigenvalue weighted by molar-refractivity contribution is 0.129. The Morgan fingerprint density at radius 3 is 2.67 bits per heavy atom. The van der Waals surface area contributed by atoms with E-state index in [1.807, 2.05) is 11.7 Å². The highest BCUT2D eigenvalue weighted by Crippen LogP contribution is 2.46. The molecule has 1 aliphatic rings. The molecule has 0 amide bonds. The smallest absolute Gasteiger partial charge is 0.0524 e. The summed E-state index contributed by atoms with van der Waals surface area (Å²) in [6.07, 6.45) is 9.56. The lowest BCUT2D eigenvalue weighted by Crippen LogP contribution is -2.35. The first kappa shape index (κ1) is 16.5. The van der Waals surface area contributed by atoms with Crippen LogP contribution in [0.25, 0.3) is 0 Å². The molecule has 0 aromatic carbocycles. The molecule has 0 radical (unpaired) electrons. The quantitative estimate of drug-likeness (QED) is 0.832. The number of hydrogen-bond donors (Lipinski definition) is 1. The van der Waals surface area contributed by atoms with Gasteiger partial charge in [0, 0.05) is 13.2 Å². The molecular weight excluding hydrogens is 258 g/mol. The minimum atomic E-state index is 0.419. The first-order valence-electron chi connectivity index (χ1n) is 8.61. The van der Waals surface area contributed by atoms with Gasteiger partial charge in [-0.25, -0.2) is 0 Å². The molecule has 3 nitrogen and oxygen atoms in total. The largest absolute Gasteiger partial charge is 0.316 e. The van der Waals surface area contributed by atoms with E-state index < -0.39 is 0 Å². The summed E-state index contributed by atoms with van der Waals surface area (Å²) < 4.78 is 1.95. The number of nitrogens with one attached hydrogen (secondary N) is 1. The van der Waals surface area contributed by atoms with Crippen LogP contribution in [0.1, 0.15) is 64.9 Å². The van der Waals surface area contributed by atoms with Gasteiger partial charge in [-0.15, -0.1) is 0 Å². The zero-order valence-corrected chi connectivity index (χ0v) is 14.5. The molecule has 3 atom stereocenters. The molecule has 2 rings (SSSR count). The molecule has 1 aromatic rings. The summed E-state index contributed by atoms with van der Waals surface area (Å²) in [6, 6.07) is 0. The van der Waals surface area contributed by atoms with E-state index >= 15 is 0 Å². The van der Waals surface area contributed by atoms with E-state index in [1.165, 1.54) is 31.2 Å². The van der Waals surface area contributed by atoms with Crippen LogP contribution in [-0.4, -0.2) is 22.9 Å². The van der Waals surface area contributed by atoms with Gasteiger partial charge in [0.2, 0.25) is 0 Å². The Labute approximate surface area is 130 Å². The van der Waals surface area contributed by atoms with Crippen LogP contribution in [0.15, 0.2) is 12.4 Å². The topological polar surface area (TPSA) is 29.9 Å². The van der Waals surface area contributed by atoms with Crippen LogP contribution in [0.3, 0.4) is 0 Å². The van der Waals surface area contributed by atoms with Crippen molar-refractivity contribution in [2.24, 2.45) is 24.3 Å². The minimum absolute atomic E-state index is 0.419. The van der Waals surface area contributed by atoms with Gasteiger partial charge in [0.15, 0.2) is 0 Å². The molecule has 0 spiro atoms. The maximum atomic E-state index is 4.41. The molecule has 1 aromatic heterocycles. The van der Waals surface area contributed by atoms with Crippen LogP contribution in [0.2, 0.25) is 0 Å². The van der Waals surface area contributed by atoms with Crippen molar-refractivity contribution in [3.05, 3.63) is 18.0 Å². The van der Waals surface area contributed by atoms with E-state index in [2.05, 4.69) is 50.5 Å². The molecule has 1 aliphatic carbocycles. The lowest BCUT2D eigenvalue weighted by Gasteiger charge is -2.42. The molecular formula is C18H33N3. The van der Waals surface area contributed by atoms with Crippen LogP contribution < -0.4 is 5.32 Å². The standard InChI is InChI=1S/C18H33N3/c1-6-9-19-11-14-7-8-16(18(2,3)4)10-17(14)15-12-20-21(5)13-15/h12-14,16-17,19H,6-11H2,1-5H3. The van der Waals surface area contributed by atoms with Gasteiger partial charge in [0.25, 0.3) is 0 Å². The normalized spacial score (nSPS) is 27.0. The van der Waals surface area contributed by atoms with Gasteiger partial charge in [0.1, 0.15) is 0 Å². The van der Waals surface area contributed by atoms with Crippen molar-refractivity contribution in [3.63, 3.8) is 0 Å². The summed E-state index contributed by atoms with van der Waals surface area (Å²) in [5.41, 5.74) is 1.86. The van der Waals surface area contributed by atoms with Crippen molar-refractivity contribution in [1.82, 2.24) is 15.1 Å². The fraction of sp³-hybridized carbons (Fsp3) is 0.833. The van der Waals surface area contributed by atoms with E-state index in [-0.39, 0.29) is 0 Å². The first-order chi connectivity index (χ1) is 9.91. The summed E-state index contributed by atoms with van der Waals surface area (Å²) in [7, 11) is 2.03. The van der Waals surface area contributed by atoms with Crippen molar-refractivity contribution in [2.45, 2.75) is 59.3 Å². The molecule has 1 heterocycles. The zero-order chi connectivity index (χ0) is 15.5. The Morgan fingerprint density at radius 1 is 1.33 bits per heavy atom. The van der Waals surface area contributed by atoms with Crippen molar-refractivity contribution >= 4 is 0 Å². The maximum Gasteiger partial charge on any atom is 0.0524 e. The van der Waals surface area contributed by atoms with E-state index in [4.69, 9.17) is 0 Å². The van der Waals surface area contributed by atoms with Crippen molar-refractivity contribution in [3.8, 4) is 0 Å². The van der Waals surface area contributed by atoms with Gasteiger partial charge >= 0.3 is 0 Å². The Kier molecular flexibility index (Phi) is 5.48. The first-order valence-corrected chi connectivity index (χ1v) is 8.61. The highest BCUT2D eigenvalue weighted by atomic mass is 15.2. The van der Waals surface area contributed by atoms with Crippen molar-refractivity contribution in [1.29, 1.82) is 0 Å². The number of hydrogen-bond acceptors (Lipinski definition) is 2. The van der Waals surface area contributed by atoms with Crippen molar-refractivity contribution < 1.29 is 0 Å². The van der Waals surface area contributed by atoms with Gasteiger partial charge < -0.3 is 5.32 Å². The lowest BCUT2D eigenvalue weighted by atomic mass is 9.64. The fourth-order valence-electron chi connectivity index (χ4n) is 3.77. The second-order valence-electron chi connectivity index (χ2n) is 7.89. The third-order valence-electron chi connectivity index (χ3n) is 5.20. The minimum Gasteiger partial charge on any atom is -0.316 e. The predicted octanol–water partition coefficient (Wildman–Crippen LogP) is 3.97. The predicted molar refractivity (Wildman–Crippen MR) is 89.4 cm³/mol. The van der Waals surface area contributed by atoms with Gasteiger partial charge in [-0.05, 0) is 67.5 Å². The van der Waals surface area contributed by atoms with Crippen LogP contribution >= 0.6 is 0 Å². The fourth-order valence-corrected chi connectivity index (χ4v) is 3.77. The molecule has 0 bridgehead atoms. The Morgan fingerprint density at radius 2 is 2.10 bits per heavy atom. The van der Waals surface area contributed by atoms with Crippen LogP contribution in [-0.2, 0) is 7.05 Å². The SMILES string of the molecule is CCCNCC1CCC(C(C)(C)C)CC1c1cnn(C)c1. The highest BCUT2D eigenvalue weighted by Gasteiger charge is 2.36. The number of aromatic nitrogens is 2. The third kappa shape index (κ3) is 4.32. The Balaban J connectivity index is 2.10. The van der Waals surface area contributed by atoms with E-state index in [0.717, 1.165) is 24.9 Å². The van der Waals surface area contributed by atoms with E-state index in [0.29, 0.717) is 11.3 Å². The summed E-state index contributed by atoms with van der Waals surface area (Å²) in [5, 5.41) is 8.04. The molecule has 0 saturated heterocycles. The average Bonchev–Trinajstić information content (AvgIpc) is 2.84. The van der Waals surface area contributed by atoms with Crippen LogP contribution in [0.5, 0.6) is 0 Å². The zero-order valence-electron chi connectivity index (χ0n) is 14.5. The highest BCUT2D eigenvalue weighted by molar-refractivity contribution is 5.15. The average molecular weight is 291 g/mol. The second kappa shape index (κ2) is 6.95. The van der Waals surface area contributed by atoms with Gasteiger partial charge in [-0.1, -0.05) is 27.7 Å². The molecule has 0 aliphatic heterocycles. The monoisotopic (exact) mass is 291 g/mol. The number of aryl methyl sites for hydroxylation is 1. The molecule has 3 unspecified atom stereocenters. The molecule has 1 N–H and O–H groups in total. The van der Waals surface area contributed by atoms with Crippen LogP contribution in [0, 0.1) is 17.3 Å². The second-order valence-corrected chi connectivity index (χ2v) is 7.89. The van der Waals surface area contributed by atoms with E-state index in [1.54, 1.807) is 0 Å². The summed E-state index contributed by atoms with van der Waals surface area (Å²) in [4.78, 5) is 0. The van der Waals surface area contributed by atoms with Gasteiger partial charge in [-0.2, -0.15) is 5.10 Å². The number of rotatable bonds is 5. The van der Waals surface area contributed by atoms with Crippen molar-refractivity contribution in [2.75, 3.05) is 13.1 Å². The Hall–Kier alpha value is -0.830. The molecule has 1 saturated carbocycles. The third-order valence-corrected chi connectivity index (χ3v) is 5.20.